The molecule has 0 saturated carbocycles. The first-order valence-corrected chi connectivity index (χ1v) is 11.1. The number of hydrogen-bond acceptors (Lipinski definition) is 8. The number of ether oxygens (including phenoxy) is 2. The first-order chi connectivity index (χ1) is 17.2. The van der Waals surface area contributed by atoms with Gasteiger partial charge in [-0.3, -0.25) is 4.79 Å². The van der Waals surface area contributed by atoms with Gasteiger partial charge in [0.15, 0.2) is 5.69 Å². The van der Waals surface area contributed by atoms with Crippen LogP contribution in [0.3, 0.4) is 0 Å². The van der Waals surface area contributed by atoms with E-state index in [0.717, 1.165) is 6.42 Å². The normalized spacial score (nSPS) is 15.6. The van der Waals surface area contributed by atoms with Gasteiger partial charge in [-0.15, -0.1) is 0 Å². The zero-order valence-corrected chi connectivity index (χ0v) is 19.1. The van der Waals surface area contributed by atoms with Crippen LogP contribution in [0.4, 0.5) is 23.7 Å². The Morgan fingerprint density at radius 2 is 1.92 bits per heavy atom. The minimum atomic E-state index is -4.93. The molecular formula is C23H22F3N5O5. The Labute approximate surface area is 203 Å². The third kappa shape index (κ3) is 5.90. The molecule has 1 atom stereocenters. The number of oxazole rings is 1. The molecule has 13 heteroatoms. The van der Waals surface area contributed by atoms with Gasteiger partial charge in [0.2, 0.25) is 11.7 Å². The number of alkyl halides is 3. The lowest BCUT2D eigenvalue weighted by Crippen LogP contribution is -2.30. The Balaban J connectivity index is 1.37. The Hall–Kier alpha value is -4.16. The molecule has 2 amide bonds. The quantitative estimate of drug-likeness (QED) is 0.506. The first-order valence-electron chi connectivity index (χ1n) is 11.1. The smallest absolute Gasteiger partial charge is 0.452 e. The topological polar surface area (TPSA) is 120 Å². The van der Waals surface area contributed by atoms with Crippen LogP contribution in [-0.4, -0.2) is 58.2 Å². The van der Waals surface area contributed by atoms with Crippen molar-refractivity contribution < 1.29 is 36.7 Å². The maximum atomic E-state index is 13.5. The van der Waals surface area contributed by atoms with Crippen LogP contribution in [0.2, 0.25) is 0 Å². The Kier molecular flexibility index (Phi) is 7.36. The van der Waals surface area contributed by atoms with Gasteiger partial charge < -0.3 is 24.1 Å². The number of likely N-dealkylation sites (tertiary alicyclic amines) is 1. The van der Waals surface area contributed by atoms with Crippen molar-refractivity contribution in [1.29, 1.82) is 0 Å². The van der Waals surface area contributed by atoms with Crippen molar-refractivity contribution in [2.75, 3.05) is 31.6 Å². The lowest BCUT2D eigenvalue weighted by Gasteiger charge is -2.15. The van der Waals surface area contributed by atoms with Gasteiger partial charge in [-0.2, -0.15) is 13.2 Å². The maximum Gasteiger partial charge on any atom is 0.452 e. The highest BCUT2D eigenvalue weighted by molar-refractivity contribution is 6.03. The third-order valence-electron chi connectivity index (χ3n) is 5.27. The second kappa shape index (κ2) is 10.6. The fourth-order valence-electron chi connectivity index (χ4n) is 3.56. The molecule has 0 radical (unpaired) electrons. The van der Waals surface area contributed by atoms with E-state index in [1.807, 2.05) is 0 Å². The number of nitrogens with one attached hydrogen (secondary N) is 1. The van der Waals surface area contributed by atoms with Gasteiger partial charge in [0.05, 0.1) is 31.3 Å². The molecule has 3 heterocycles. The van der Waals surface area contributed by atoms with E-state index in [1.165, 1.54) is 24.5 Å². The predicted molar refractivity (Wildman–Crippen MR) is 119 cm³/mol. The van der Waals surface area contributed by atoms with Gasteiger partial charge in [0.1, 0.15) is 0 Å². The molecule has 1 aliphatic rings. The molecule has 36 heavy (non-hydrogen) atoms. The van der Waals surface area contributed by atoms with Crippen LogP contribution in [0.15, 0.2) is 47.1 Å². The van der Waals surface area contributed by atoms with Gasteiger partial charge in [0.25, 0.3) is 5.91 Å². The van der Waals surface area contributed by atoms with E-state index in [-0.39, 0.29) is 36.2 Å². The molecule has 190 valence electrons. The van der Waals surface area contributed by atoms with Crippen LogP contribution in [0.1, 0.15) is 29.6 Å². The largest absolute Gasteiger partial charge is 0.463 e. The van der Waals surface area contributed by atoms with Crippen molar-refractivity contribution in [3.63, 3.8) is 0 Å². The molecule has 1 fully saturated rings. The number of rotatable bonds is 7. The van der Waals surface area contributed by atoms with E-state index in [0.29, 0.717) is 25.3 Å². The highest BCUT2D eigenvalue weighted by Gasteiger charge is 2.42. The van der Waals surface area contributed by atoms with Crippen molar-refractivity contribution in [2.45, 2.75) is 19.5 Å². The summed E-state index contributed by atoms with van der Waals surface area (Å²) in [5, 5.41) is 2.29. The van der Waals surface area contributed by atoms with Crippen LogP contribution < -0.4 is 10.1 Å². The Morgan fingerprint density at radius 1 is 1.19 bits per heavy atom. The maximum absolute atomic E-state index is 13.5. The number of aromatic nitrogens is 3. The van der Waals surface area contributed by atoms with Crippen molar-refractivity contribution in [1.82, 2.24) is 19.9 Å². The molecule has 3 aromatic rings. The van der Waals surface area contributed by atoms with E-state index < -0.39 is 23.5 Å². The molecule has 10 nitrogen and oxygen atoms in total. The number of halogens is 3. The number of benzene rings is 1. The summed E-state index contributed by atoms with van der Waals surface area (Å²) in [6.07, 6.45) is -2.16. The summed E-state index contributed by atoms with van der Waals surface area (Å²) >= 11 is 0. The highest BCUT2D eigenvalue weighted by atomic mass is 19.4. The molecule has 1 aromatic carbocycles. The average molecular weight is 505 g/mol. The summed E-state index contributed by atoms with van der Waals surface area (Å²) < 4.78 is 55.8. The van der Waals surface area contributed by atoms with Crippen molar-refractivity contribution in [3.8, 4) is 17.5 Å². The SMILES string of the molecule is CCOC(=O)N1CCC(COc2ncc(NC(=O)c3nc(-c4ccccc4)oc3C(F)(F)F)cn2)C1. The minimum Gasteiger partial charge on any atom is -0.463 e. The molecule has 1 aliphatic heterocycles. The van der Waals surface area contributed by atoms with Crippen LogP contribution in [-0.2, 0) is 10.9 Å². The summed E-state index contributed by atoms with van der Waals surface area (Å²) in [6.45, 7) is 3.35. The second-order valence-corrected chi connectivity index (χ2v) is 7.88. The highest BCUT2D eigenvalue weighted by Crippen LogP contribution is 2.35. The van der Waals surface area contributed by atoms with E-state index in [2.05, 4.69) is 20.3 Å². The molecule has 2 aromatic heterocycles. The molecule has 0 spiro atoms. The number of amides is 2. The van der Waals surface area contributed by atoms with E-state index in [4.69, 9.17) is 13.9 Å². The summed E-state index contributed by atoms with van der Waals surface area (Å²) in [4.78, 5) is 37.7. The van der Waals surface area contributed by atoms with Crippen molar-refractivity contribution in [2.24, 2.45) is 5.92 Å². The van der Waals surface area contributed by atoms with Crippen molar-refractivity contribution >= 4 is 17.7 Å². The number of carbonyl (C=O) groups excluding carboxylic acids is 2. The zero-order chi connectivity index (χ0) is 25.7. The summed E-state index contributed by atoms with van der Waals surface area (Å²) in [6, 6.07) is 7.95. The fraction of sp³-hybridized carbons (Fsp3) is 0.348. The van der Waals surface area contributed by atoms with E-state index >= 15 is 0 Å². The van der Waals surface area contributed by atoms with Crippen LogP contribution >= 0.6 is 0 Å². The van der Waals surface area contributed by atoms with Gasteiger partial charge in [-0.1, -0.05) is 18.2 Å². The Morgan fingerprint density at radius 3 is 2.58 bits per heavy atom. The van der Waals surface area contributed by atoms with E-state index in [1.54, 1.807) is 30.0 Å². The number of nitrogens with zero attached hydrogens (tertiary/aromatic N) is 4. The monoisotopic (exact) mass is 505 g/mol. The lowest BCUT2D eigenvalue weighted by atomic mass is 10.1. The minimum absolute atomic E-state index is 0.0198. The second-order valence-electron chi connectivity index (χ2n) is 7.88. The average Bonchev–Trinajstić information content (AvgIpc) is 3.52. The molecule has 0 bridgehead atoms. The van der Waals surface area contributed by atoms with Crippen LogP contribution in [0, 0.1) is 5.92 Å². The molecule has 1 N–H and O–H groups in total. The van der Waals surface area contributed by atoms with E-state index in [9.17, 15) is 22.8 Å². The van der Waals surface area contributed by atoms with Crippen LogP contribution in [0.25, 0.3) is 11.5 Å². The lowest BCUT2D eigenvalue weighted by molar-refractivity contribution is -0.153. The first kappa shape index (κ1) is 24.9. The van der Waals surface area contributed by atoms with Gasteiger partial charge >= 0.3 is 18.3 Å². The van der Waals surface area contributed by atoms with Gasteiger partial charge in [-0.25, -0.2) is 19.7 Å². The van der Waals surface area contributed by atoms with Crippen LogP contribution in [0.5, 0.6) is 6.01 Å². The van der Waals surface area contributed by atoms with Gasteiger partial charge in [-0.05, 0) is 25.5 Å². The summed E-state index contributed by atoms with van der Waals surface area (Å²) in [7, 11) is 0. The molecule has 0 aliphatic carbocycles. The number of hydrogen-bond donors (Lipinski definition) is 1. The molecule has 1 saturated heterocycles. The standard InChI is InChI=1S/C23H22F3N5O5/c1-2-34-22(33)31-9-8-14(12-31)13-35-21-27-10-16(11-28-21)29-19(32)17-18(23(24,25)26)36-20(30-17)15-6-4-3-5-7-15/h3-7,10-11,14H,2,8-9,12-13H2,1H3,(H,29,32). The Bertz CT molecular complexity index is 1200. The third-order valence-corrected chi connectivity index (χ3v) is 5.27. The summed E-state index contributed by atoms with van der Waals surface area (Å²) in [5.74, 6) is -2.89. The number of carbonyl (C=O) groups is 2. The predicted octanol–water partition coefficient (Wildman–Crippen LogP) is 4.26. The fourth-order valence-corrected chi connectivity index (χ4v) is 3.56. The molecule has 1 unspecified atom stereocenters. The molecule has 4 rings (SSSR count). The summed E-state index contributed by atoms with van der Waals surface area (Å²) in [5.41, 5.74) is -0.576. The van der Waals surface area contributed by atoms with Gasteiger partial charge in [0, 0.05) is 24.6 Å². The zero-order valence-electron chi connectivity index (χ0n) is 19.1. The molecular weight excluding hydrogens is 483 g/mol. The number of anilines is 1. The van der Waals surface area contributed by atoms with Crippen molar-refractivity contribution in [3.05, 3.63) is 54.2 Å².